The smallest absolute Gasteiger partial charge is 0.426 e. The summed E-state index contributed by atoms with van der Waals surface area (Å²) in [5, 5.41) is 34.3. The average molecular weight is 531 g/mol. The van der Waals surface area contributed by atoms with Gasteiger partial charge in [-0.15, -0.1) is 0 Å². The van der Waals surface area contributed by atoms with E-state index in [1.807, 2.05) is 12.1 Å². The molecule has 39 heavy (non-hydrogen) atoms. The molecule has 4 N–H and O–H groups in total. The van der Waals surface area contributed by atoms with Gasteiger partial charge in [0.25, 0.3) is 11.6 Å². The van der Waals surface area contributed by atoms with E-state index in [1.54, 1.807) is 12.1 Å². The number of fused-ring (bicyclic) bond motifs is 1. The van der Waals surface area contributed by atoms with Crippen LogP contribution in [0, 0.1) is 24.0 Å². The van der Waals surface area contributed by atoms with Crippen molar-refractivity contribution in [3.8, 4) is 0 Å². The molecule has 9 nitrogen and oxygen atoms in total. The van der Waals surface area contributed by atoms with Gasteiger partial charge in [0.2, 0.25) is 5.91 Å². The molecule has 0 fully saturated rings. The van der Waals surface area contributed by atoms with Crippen molar-refractivity contribution in [2.45, 2.75) is 52.0 Å². The fourth-order valence-electron chi connectivity index (χ4n) is 4.61. The summed E-state index contributed by atoms with van der Waals surface area (Å²) >= 11 is 0. The molecule has 1 unspecified atom stereocenters. The van der Waals surface area contributed by atoms with Crippen LogP contribution in [0.1, 0.15) is 63.5 Å². The maximum atomic E-state index is 13.1. The Morgan fingerprint density at radius 3 is 2.28 bits per heavy atom. The van der Waals surface area contributed by atoms with Gasteiger partial charge in [-0.3, -0.25) is 19.7 Å². The largest absolute Gasteiger partial charge is 0.472 e. The topological polar surface area (TPSA) is 142 Å². The first-order valence-corrected chi connectivity index (χ1v) is 13.0. The maximum absolute atomic E-state index is 13.1. The van der Waals surface area contributed by atoms with E-state index < -0.39 is 24.0 Å². The van der Waals surface area contributed by atoms with Gasteiger partial charge in [-0.05, 0) is 62.3 Å². The van der Waals surface area contributed by atoms with Crippen molar-refractivity contribution < 1.29 is 24.6 Å². The molecule has 204 valence electrons. The number of carbonyl (C=O) groups excluding carboxylic acids is 2. The summed E-state index contributed by atoms with van der Waals surface area (Å²) in [7, 11) is -1.70. The Labute approximate surface area is 228 Å². The van der Waals surface area contributed by atoms with E-state index in [-0.39, 0.29) is 24.5 Å². The highest BCUT2D eigenvalue weighted by molar-refractivity contribution is 6.41. The minimum Gasteiger partial charge on any atom is -0.426 e. The molecule has 1 aliphatic rings. The quantitative estimate of drug-likeness (QED) is 0.198. The van der Waals surface area contributed by atoms with Gasteiger partial charge in [-0.25, -0.2) is 0 Å². The van der Waals surface area contributed by atoms with Crippen LogP contribution in [0.2, 0.25) is 0 Å². The number of aryl methyl sites for hydroxylation is 3. The van der Waals surface area contributed by atoms with Crippen molar-refractivity contribution in [2.24, 2.45) is 0 Å². The monoisotopic (exact) mass is 531 g/mol. The van der Waals surface area contributed by atoms with Crippen LogP contribution in [0.15, 0.2) is 66.7 Å². The van der Waals surface area contributed by atoms with Crippen LogP contribution in [0.25, 0.3) is 0 Å². The highest BCUT2D eigenvalue weighted by atomic mass is 16.6. The summed E-state index contributed by atoms with van der Waals surface area (Å²) < 4.78 is 0. The Bertz CT molecular complexity index is 1300. The average Bonchev–Trinajstić information content (AvgIpc) is 2.91. The lowest BCUT2D eigenvalue weighted by Crippen LogP contribution is -2.38. The molecule has 3 aromatic carbocycles. The lowest BCUT2D eigenvalue weighted by atomic mass is 9.88. The highest BCUT2D eigenvalue weighted by Crippen LogP contribution is 2.26. The molecular weight excluding hydrogens is 497 g/mol. The second-order valence-corrected chi connectivity index (χ2v) is 9.68. The number of nitrogens with zero attached hydrogens (tertiary/aromatic N) is 1. The first kappa shape index (κ1) is 29.5. The van der Waals surface area contributed by atoms with Gasteiger partial charge >= 0.3 is 7.12 Å². The van der Waals surface area contributed by atoms with E-state index >= 15 is 0 Å². The number of benzene rings is 3. The molecule has 0 bridgehead atoms. The van der Waals surface area contributed by atoms with E-state index in [4.69, 9.17) is 10.0 Å². The normalized spacial score (nSPS) is 12.7. The Hall–Kier alpha value is -4.02. The minimum atomic E-state index is -1.70. The Balaban J connectivity index is 0.000000449. The van der Waals surface area contributed by atoms with Crippen molar-refractivity contribution in [2.75, 3.05) is 6.44 Å². The molecular formula is C29H34BN3O6. The number of amides is 2. The van der Waals surface area contributed by atoms with Crippen molar-refractivity contribution in [3.05, 3.63) is 110 Å². The Morgan fingerprint density at radius 1 is 0.974 bits per heavy atom. The van der Waals surface area contributed by atoms with Gasteiger partial charge in [-0.2, -0.15) is 0 Å². The fraction of sp³-hybridized carbons (Fsp3) is 0.310. The molecule has 2 amide bonds. The number of nitro benzene ring substituents is 1. The summed E-state index contributed by atoms with van der Waals surface area (Å²) in [6.45, 7) is 4.21. The summed E-state index contributed by atoms with van der Waals surface area (Å²) in [5.41, 5.74) is 5.61. The second kappa shape index (κ2) is 14.2. The lowest BCUT2D eigenvalue weighted by molar-refractivity contribution is -0.384. The zero-order chi connectivity index (χ0) is 28.4. The summed E-state index contributed by atoms with van der Waals surface area (Å²) in [6, 6.07) is 18.9. The number of hydrogen-bond donors (Lipinski definition) is 4. The highest BCUT2D eigenvalue weighted by Gasteiger charge is 2.24. The van der Waals surface area contributed by atoms with Crippen molar-refractivity contribution >= 4 is 24.6 Å². The third-order valence-electron chi connectivity index (χ3n) is 6.47. The summed E-state index contributed by atoms with van der Waals surface area (Å²) in [6.07, 6.45) is 3.21. The zero-order valence-corrected chi connectivity index (χ0v) is 22.2. The molecule has 10 heteroatoms. The number of hydrogen-bond acceptors (Lipinski definition) is 6. The molecule has 0 saturated carbocycles. The molecule has 0 radical (unpaired) electrons. The summed E-state index contributed by atoms with van der Waals surface area (Å²) in [4.78, 5) is 36.0. The van der Waals surface area contributed by atoms with Gasteiger partial charge < -0.3 is 20.7 Å². The first-order valence-electron chi connectivity index (χ1n) is 13.0. The maximum Gasteiger partial charge on any atom is 0.472 e. The predicted octanol–water partition coefficient (Wildman–Crippen LogP) is 3.77. The van der Waals surface area contributed by atoms with E-state index in [2.05, 4.69) is 48.7 Å². The number of carbonyl (C=O) groups is 2. The number of rotatable bonds is 8. The predicted molar refractivity (Wildman–Crippen MR) is 150 cm³/mol. The van der Waals surface area contributed by atoms with Crippen LogP contribution in [0.3, 0.4) is 0 Å². The Kier molecular flexibility index (Phi) is 10.8. The standard InChI is InChI=1S/C21H24BN3O6.C8H10/c26-20(23-13-22(28)29)12-19(15-7-3-8-16(11-15)25(30)31)24-21(27)18-10-4-6-14-5-1-2-9-17(14)18;1-7-4-3-5-8(2)6-7/h3-4,6-8,10-11,19,28-29H,1-2,5,9,12-13H2,(H,23,26)(H,24,27);3-6H,1-2H3. The van der Waals surface area contributed by atoms with Crippen molar-refractivity contribution in [1.82, 2.24) is 10.6 Å². The molecule has 1 aliphatic carbocycles. The number of non-ortho nitro benzene ring substituents is 1. The van der Waals surface area contributed by atoms with Crippen molar-refractivity contribution in [3.63, 3.8) is 0 Å². The zero-order valence-electron chi connectivity index (χ0n) is 22.2. The van der Waals surface area contributed by atoms with Gasteiger partial charge in [0, 0.05) is 17.7 Å². The lowest BCUT2D eigenvalue weighted by Gasteiger charge is -2.22. The molecule has 0 aliphatic heterocycles. The summed E-state index contributed by atoms with van der Waals surface area (Å²) in [5.74, 6) is -0.884. The van der Waals surface area contributed by atoms with Gasteiger partial charge in [0.05, 0.1) is 23.8 Å². The number of nitrogens with one attached hydrogen (secondary N) is 2. The molecule has 3 aromatic rings. The fourth-order valence-corrected chi connectivity index (χ4v) is 4.61. The van der Waals surface area contributed by atoms with Crippen LogP contribution >= 0.6 is 0 Å². The van der Waals surface area contributed by atoms with Gasteiger partial charge in [0.1, 0.15) is 0 Å². The van der Waals surface area contributed by atoms with E-state index in [1.165, 1.54) is 29.3 Å². The van der Waals surface area contributed by atoms with Crippen LogP contribution in [0.4, 0.5) is 5.69 Å². The molecule has 0 saturated heterocycles. The van der Waals surface area contributed by atoms with E-state index in [0.29, 0.717) is 11.1 Å². The molecule has 0 heterocycles. The second-order valence-electron chi connectivity index (χ2n) is 9.68. The van der Waals surface area contributed by atoms with E-state index in [9.17, 15) is 19.7 Å². The SMILES string of the molecule is Cc1cccc(C)c1.O=C(CC(NC(=O)c1cccc2c1CCCC2)c1cccc([N+](=O)[O-])c1)NCB(O)O. The van der Waals surface area contributed by atoms with Crippen LogP contribution < -0.4 is 10.6 Å². The third kappa shape index (κ3) is 9.05. The molecule has 0 spiro atoms. The van der Waals surface area contributed by atoms with Crippen LogP contribution in [0.5, 0.6) is 0 Å². The molecule has 4 rings (SSSR count). The third-order valence-corrected chi connectivity index (χ3v) is 6.47. The first-order chi connectivity index (χ1) is 18.6. The number of nitro groups is 1. The minimum absolute atomic E-state index is 0.153. The van der Waals surface area contributed by atoms with Crippen LogP contribution in [-0.4, -0.2) is 40.3 Å². The van der Waals surface area contributed by atoms with Gasteiger partial charge in [0.15, 0.2) is 0 Å². The van der Waals surface area contributed by atoms with Crippen LogP contribution in [-0.2, 0) is 17.6 Å². The Morgan fingerprint density at radius 2 is 1.64 bits per heavy atom. The van der Waals surface area contributed by atoms with Gasteiger partial charge in [-0.1, -0.05) is 59.7 Å². The molecule has 0 aromatic heterocycles. The van der Waals surface area contributed by atoms with Crippen molar-refractivity contribution in [1.29, 1.82) is 0 Å². The van der Waals surface area contributed by atoms with E-state index in [0.717, 1.165) is 36.8 Å². The molecule has 1 atom stereocenters.